The van der Waals surface area contributed by atoms with E-state index in [0.29, 0.717) is 23.9 Å². The van der Waals surface area contributed by atoms with E-state index in [0.717, 1.165) is 11.3 Å². The molecule has 0 heterocycles. The molecular weight excluding hydrogens is 226 g/mol. The van der Waals surface area contributed by atoms with Gasteiger partial charge in [0.15, 0.2) is 0 Å². The highest BCUT2D eigenvalue weighted by atomic mass is 35.5. The number of nitrogens with two attached hydrogens (primary N) is 1. The molecule has 1 aromatic carbocycles. The van der Waals surface area contributed by atoms with E-state index in [1.165, 1.54) is 0 Å². The number of hydrogen-bond acceptors (Lipinski definition) is 3. The Hall–Kier alpha value is -0.930. The Labute approximate surface area is 101 Å². The van der Waals surface area contributed by atoms with Crippen molar-refractivity contribution in [1.29, 1.82) is 0 Å². The van der Waals surface area contributed by atoms with E-state index in [2.05, 4.69) is 0 Å². The highest BCUT2D eigenvalue weighted by molar-refractivity contribution is 6.33. The monoisotopic (exact) mass is 243 g/mol. The quantitative estimate of drug-likeness (QED) is 0.809. The maximum Gasteiger partial charge on any atom is 0.124 e. The van der Waals surface area contributed by atoms with Crippen LogP contribution in [0.2, 0.25) is 5.02 Å². The van der Waals surface area contributed by atoms with Gasteiger partial charge in [-0.05, 0) is 32.4 Å². The molecule has 0 aromatic heterocycles. The summed E-state index contributed by atoms with van der Waals surface area (Å²) in [6, 6.07) is 3.56. The molecule has 0 fully saturated rings. The van der Waals surface area contributed by atoms with E-state index in [4.69, 9.17) is 26.8 Å². The van der Waals surface area contributed by atoms with Crippen LogP contribution in [0.15, 0.2) is 12.1 Å². The zero-order chi connectivity index (χ0) is 12.1. The fourth-order valence-electron chi connectivity index (χ4n) is 1.35. The van der Waals surface area contributed by atoms with Crippen LogP contribution in [0.5, 0.6) is 5.75 Å². The van der Waals surface area contributed by atoms with E-state index in [9.17, 15) is 0 Å². The van der Waals surface area contributed by atoms with Crippen LogP contribution in [-0.2, 0) is 4.74 Å². The molecule has 0 aliphatic rings. The summed E-state index contributed by atoms with van der Waals surface area (Å²) < 4.78 is 11.0. The molecule has 0 saturated heterocycles. The summed E-state index contributed by atoms with van der Waals surface area (Å²) in [7, 11) is 0. The Balaban J connectivity index is 2.69. The third-order valence-corrected chi connectivity index (χ3v) is 2.51. The Bertz CT molecular complexity index is 355. The predicted molar refractivity (Wildman–Crippen MR) is 67.2 cm³/mol. The number of hydrogen-bond donors (Lipinski definition) is 1. The van der Waals surface area contributed by atoms with Crippen LogP contribution in [-0.4, -0.2) is 19.3 Å². The Morgan fingerprint density at radius 3 is 2.75 bits per heavy atom. The van der Waals surface area contributed by atoms with Gasteiger partial charge in [0.1, 0.15) is 11.9 Å². The zero-order valence-electron chi connectivity index (χ0n) is 9.92. The van der Waals surface area contributed by atoms with E-state index in [-0.39, 0.29) is 6.10 Å². The summed E-state index contributed by atoms with van der Waals surface area (Å²) in [4.78, 5) is 0. The lowest BCUT2D eigenvalue weighted by Gasteiger charge is -2.17. The number of halogens is 1. The van der Waals surface area contributed by atoms with Crippen molar-refractivity contribution in [3.63, 3.8) is 0 Å². The topological polar surface area (TPSA) is 44.5 Å². The van der Waals surface area contributed by atoms with Crippen molar-refractivity contribution < 1.29 is 9.47 Å². The minimum Gasteiger partial charge on any atom is -0.488 e. The maximum absolute atomic E-state index is 5.94. The molecule has 0 spiro atoms. The van der Waals surface area contributed by atoms with Gasteiger partial charge in [0.25, 0.3) is 0 Å². The fraction of sp³-hybridized carbons (Fsp3) is 0.500. The van der Waals surface area contributed by atoms with Crippen molar-refractivity contribution in [2.75, 3.05) is 18.9 Å². The molecule has 16 heavy (non-hydrogen) atoms. The van der Waals surface area contributed by atoms with Gasteiger partial charge in [-0.15, -0.1) is 0 Å². The van der Waals surface area contributed by atoms with Crippen LogP contribution in [0.1, 0.15) is 19.4 Å². The zero-order valence-corrected chi connectivity index (χ0v) is 10.7. The van der Waals surface area contributed by atoms with Gasteiger partial charge in [-0.25, -0.2) is 0 Å². The SMILES string of the molecule is CCOCC(C)Oc1cc(Cl)c(N)cc1C. The van der Waals surface area contributed by atoms with Gasteiger partial charge in [0.05, 0.1) is 17.3 Å². The summed E-state index contributed by atoms with van der Waals surface area (Å²) in [5.41, 5.74) is 7.24. The molecule has 0 saturated carbocycles. The minimum absolute atomic E-state index is 0.00154. The van der Waals surface area contributed by atoms with Gasteiger partial charge in [-0.1, -0.05) is 11.6 Å². The summed E-state index contributed by atoms with van der Waals surface area (Å²) in [5.74, 6) is 0.756. The molecule has 4 heteroatoms. The van der Waals surface area contributed by atoms with E-state index in [1.54, 1.807) is 6.07 Å². The standard InChI is InChI=1S/C12H18ClNO2/c1-4-15-7-9(3)16-12-6-10(13)11(14)5-8(12)2/h5-6,9H,4,7,14H2,1-3H3. The van der Waals surface area contributed by atoms with E-state index < -0.39 is 0 Å². The third kappa shape index (κ3) is 3.58. The number of ether oxygens (including phenoxy) is 2. The first kappa shape index (κ1) is 13.1. The fourth-order valence-corrected chi connectivity index (χ4v) is 1.50. The van der Waals surface area contributed by atoms with Gasteiger partial charge >= 0.3 is 0 Å². The molecule has 2 N–H and O–H groups in total. The van der Waals surface area contributed by atoms with Crippen LogP contribution < -0.4 is 10.5 Å². The van der Waals surface area contributed by atoms with Gasteiger partial charge in [0.2, 0.25) is 0 Å². The molecule has 90 valence electrons. The normalized spacial score (nSPS) is 12.5. The van der Waals surface area contributed by atoms with Crippen LogP contribution >= 0.6 is 11.6 Å². The summed E-state index contributed by atoms with van der Waals surface area (Å²) in [5, 5.41) is 0.518. The molecule has 0 aliphatic heterocycles. The average Bonchev–Trinajstić information content (AvgIpc) is 2.23. The molecule has 1 aromatic rings. The Kier molecular flexibility index (Phi) is 4.90. The number of aryl methyl sites for hydroxylation is 1. The summed E-state index contributed by atoms with van der Waals surface area (Å²) in [6.45, 7) is 7.11. The Morgan fingerprint density at radius 1 is 1.44 bits per heavy atom. The van der Waals surface area contributed by atoms with E-state index in [1.807, 2.05) is 26.8 Å². The van der Waals surface area contributed by atoms with Crippen LogP contribution in [0, 0.1) is 6.92 Å². The second-order valence-electron chi connectivity index (χ2n) is 3.73. The van der Waals surface area contributed by atoms with Crippen molar-refractivity contribution in [2.24, 2.45) is 0 Å². The number of anilines is 1. The third-order valence-electron chi connectivity index (χ3n) is 2.18. The van der Waals surface area contributed by atoms with Gasteiger partial charge in [-0.3, -0.25) is 0 Å². The van der Waals surface area contributed by atoms with Crippen molar-refractivity contribution in [3.05, 3.63) is 22.7 Å². The first-order chi connectivity index (χ1) is 7.54. The summed E-state index contributed by atoms with van der Waals surface area (Å²) in [6.07, 6.45) is -0.00154. The van der Waals surface area contributed by atoms with Crippen molar-refractivity contribution in [2.45, 2.75) is 26.9 Å². The lowest BCUT2D eigenvalue weighted by molar-refractivity contribution is 0.0654. The van der Waals surface area contributed by atoms with Gasteiger partial charge in [-0.2, -0.15) is 0 Å². The summed E-state index contributed by atoms with van der Waals surface area (Å²) >= 11 is 5.94. The molecular formula is C12H18ClNO2. The highest BCUT2D eigenvalue weighted by Crippen LogP contribution is 2.29. The number of benzene rings is 1. The van der Waals surface area contributed by atoms with Gasteiger partial charge in [0, 0.05) is 12.7 Å². The first-order valence-electron chi connectivity index (χ1n) is 5.34. The second-order valence-corrected chi connectivity index (χ2v) is 4.13. The lowest BCUT2D eigenvalue weighted by Crippen LogP contribution is -2.19. The van der Waals surface area contributed by atoms with Crippen LogP contribution in [0.4, 0.5) is 5.69 Å². The van der Waals surface area contributed by atoms with Crippen LogP contribution in [0.25, 0.3) is 0 Å². The smallest absolute Gasteiger partial charge is 0.124 e. The largest absolute Gasteiger partial charge is 0.488 e. The predicted octanol–water partition coefficient (Wildman–Crippen LogP) is 3.03. The lowest BCUT2D eigenvalue weighted by atomic mass is 10.2. The molecule has 0 bridgehead atoms. The molecule has 1 atom stereocenters. The number of nitrogen functional groups attached to an aromatic ring is 1. The molecule has 1 rings (SSSR count). The molecule has 0 aliphatic carbocycles. The molecule has 0 amide bonds. The maximum atomic E-state index is 5.94. The number of rotatable bonds is 5. The highest BCUT2D eigenvalue weighted by Gasteiger charge is 2.08. The van der Waals surface area contributed by atoms with Crippen molar-refractivity contribution in [3.8, 4) is 5.75 Å². The first-order valence-corrected chi connectivity index (χ1v) is 5.72. The van der Waals surface area contributed by atoms with Crippen LogP contribution in [0.3, 0.4) is 0 Å². The minimum atomic E-state index is -0.00154. The van der Waals surface area contributed by atoms with Crippen molar-refractivity contribution >= 4 is 17.3 Å². The molecule has 1 unspecified atom stereocenters. The average molecular weight is 244 g/mol. The molecule has 0 radical (unpaired) electrons. The molecule has 3 nitrogen and oxygen atoms in total. The Morgan fingerprint density at radius 2 is 2.12 bits per heavy atom. The van der Waals surface area contributed by atoms with Gasteiger partial charge < -0.3 is 15.2 Å². The second kappa shape index (κ2) is 5.97. The van der Waals surface area contributed by atoms with Crippen molar-refractivity contribution in [1.82, 2.24) is 0 Å². The van der Waals surface area contributed by atoms with E-state index >= 15 is 0 Å².